The van der Waals surface area contributed by atoms with E-state index < -0.39 is 5.79 Å². The van der Waals surface area contributed by atoms with Gasteiger partial charge in [-0.1, -0.05) is 12.1 Å². The molecule has 0 amide bonds. The summed E-state index contributed by atoms with van der Waals surface area (Å²) in [5.74, 6) is 0.152. The van der Waals surface area contributed by atoms with Crippen LogP contribution in [0.15, 0.2) is 27.9 Å². The highest BCUT2D eigenvalue weighted by Gasteiger charge is 2.27. The monoisotopic (exact) mass is 221 g/mol. The number of amidine groups is 1. The van der Waals surface area contributed by atoms with Gasteiger partial charge >= 0.3 is 0 Å². The first-order valence-electron chi connectivity index (χ1n) is 5.14. The molecule has 1 aromatic heterocycles. The number of nitrogens with two attached hydrogens (primary N) is 2. The summed E-state index contributed by atoms with van der Waals surface area (Å²) in [5, 5.41) is 6.84. The van der Waals surface area contributed by atoms with E-state index in [1.165, 1.54) is 0 Å². The molecule has 6 nitrogen and oxygen atoms in total. The molecule has 1 atom stereocenters. The van der Waals surface area contributed by atoms with Crippen LogP contribution >= 0.6 is 0 Å². The molecule has 0 bridgehead atoms. The van der Waals surface area contributed by atoms with Crippen LogP contribution in [-0.2, 0) is 12.8 Å². The summed E-state index contributed by atoms with van der Waals surface area (Å²) in [6.45, 7) is 2.01. The number of hydrogen-bond donors (Lipinski definition) is 3. The van der Waals surface area contributed by atoms with Gasteiger partial charge in [-0.15, -0.1) is 0 Å². The van der Waals surface area contributed by atoms with Gasteiger partial charge in [0.2, 0.25) is 0 Å². The van der Waals surface area contributed by atoms with Crippen molar-refractivity contribution in [3.8, 4) is 0 Å². The van der Waals surface area contributed by atoms with Gasteiger partial charge < -0.3 is 15.6 Å². The van der Waals surface area contributed by atoms with Crippen molar-refractivity contribution in [2.75, 3.05) is 0 Å². The van der Waals surface area contributed by atoms with Crippen molar-refractivity contribution in [1.82, 2.24) is 10.5 Å². The zero-order valence-electron chi connectivity index (χ0n) is 9.10. The highest BCUT2D eigenvalue weighted by atomic mass is 16.5. The first-order chi connectivity index (χ1) is 7.61. The number of nitrogens with zero attached hydrogens (tertiary/aromatic N) is 2. The molecule has 2 heterocycles. The van der Waals surface area contributed by atoms with E-state index in [1.54, 1.807) is 12.3 Å². The van der Waals surface area contributed by atoms with Gasteiger partial charge in [-0.2, -0.15) is 0 Å². The van der Waals surface area contributed by atoms with Crippen molar-refractivity contribution in [2.45, 2.75) is 25.6 Å². The molecular weight excluding hydrogens is 206 g/mol. The minimum atomic E-state index is -0.941. The normalized spacial score (nSPS) is 24.0. The maximum absolute atomic E-state index is 6.01. The predicted octanol–water partition coefficient (Wildman–Crippen LogP) is -0.134. The smallest absolute Gasteiger partial charge is 0.191 e. The summed E-state index contributed by atoms with van der Waals surface area (Å²) in [4.78, 5) is 4.13. The molecule has 6 heteroatoms. The number of aliphatic imine (C=N–C) groups is 1. The Hall–Kier alpha value is -1.82. The lowest BCUT2D eigenvalue weighted by molar-refractivity contribution is 0.316. The van der Waals surface area contributed by atoms with Crippen molar-refractivity contribution in [3.05, 3.63) is 29.8 Å². The van der Waals surface area contributed by atoms with Crippen LogP contribution in [0.4, 0.5) is 0 Å². The number of nitrogens with one attached hydrogen (secondary N) is 1. The Morgan fingerprint density at radius 3 is 3.00 bits per heavy atom. The molecule has 0 radical (unpaired) electrons. The molecule has 0 saturated heterocycles. The third-order valence-electron chi connectivity index (χ3n) is 2.33. The largest absolute Gasteiger partial charge is 0.384 e. The van der Waals surface area contributed by atoms with Crippen molar-refractivity contribution < 1.29 is 4.52 Å². The lowest BCUT2D eigenvalue weighted by Crippen LogP contribution is -2.54. The first kappa shape index (κ1) is 10.7. The maximum atomic E-state index is 6.01. The summed E-state index contributed by atoms with van der Waals surface area (Å²) in [5.41, 5.74) is 12.5. The third kappa shape index (κ3) is 2.22. The standard InChI is InChI=1S/C10H15N5O/c1-2-7-5-8(16-15-7)6-10(12)13-4-3-9(11)14-10/h3-5,13H,2,6,12H2,1H3,(H2,11,14). The second kappa shape index (κ2) is 3.97. The Kier molecular flexibility index (Phi) is 2.66. The zero-order valence-corrected chi connectivity index (χ0v) is 9.10. The minimum absolute atomic E-state index is 0.400. The van der Waals surface area contributed by atoms with Crippen molar-refractivity contribution in [3.63, 3.8) is 0 Å². The number of aromatic nitrogens is 1. The molecule has 1 aliphatic heterocycles. The molecule has 0 aromatic carbocycles. The van der Waals surface area contributed by atoms with Gasteiger partial charge in [0, 0.05) is 12.3 Å². The van der Waals surface area contributed by atoms with Crippen LogP contribution in [0.5, 0.6) is 0 Å². The van der Waals surface area contributed by atoms with Crippen LogP contribution in [0.25, 0.3) is 0 Å². The predicted molar refractivity (Wildman–Crippen MR) is 60.4 cm³/mol. The van der Waals surface area contributed by atoms with Crippen LogP contribution < -0.4 is 16.8 Å². The van der Waals surface area contributed by atoms with Gasteiger partial charge in [-0.05, 0) is 12.5 Å². The fourth-order valence-corrected chi connectivity index (χ4v) is 1.53. The fraction of sp³-hybridized carbons (Fsp3) is 0.400. The lowest BCUT2D eigenvalue weighted by atomic mass is 10.1. The molecule has 1 aliphatic rings. The molecule has 16 heavy (non-hydrogen) atoms. The molecule has 0 fully saturated rings. The third-order valence-corrected chi connectivity index (χ3v) is 2.33. The van der Waals surface area contributed by atoms with Gasteiger partial charge in [0.05, 0.1) is 12.1 Å². The van der Waals surface area contributed by atoms with E-state index in [-0.39, 0.29) is 0 Å². The average molecular weight is 221 g/mol. The summed E-state index contributed by atoms with van der Waals surface area (Å²) in [6, 6.07) is 1.88. The highest BCUT2D eigenvalue weighted by Crippen LogP contribution is 2.13. The first-order valence-corrected chi connectivity index (χ1v) is 5.14. The summed E-state index contributed by atoms with van der Waals surface area (Å²) < 4.78 is 5.15. The van der Waals surface area contributed by atoms with Crippen molar-refractivity contribution >= 4 is 5.84 Å². The van der Waals surface area contributed by atoms with E-state index in [9.17, 15) is 0 Å². The number of aryl methyl sites for hydroxylation is 1. The van der Waals surface area contributed by atoms with Gasteiger partial charge in [0.1, 0.15) is 11.6 Å². The number of rotatable bonds is 3. The van der Waals surface area contributed by atoms with Gasteiger partial charge in [-0.25, -0.2) is 4.99 Å². The van der Waals surface area contributed by atoms with E-state index in [0.717, 1.165) is 12.1 Å². The fourth-order valence-electron chi connectivity index (χ4n) is 1.53. The minimum Gasteiger partial charge on any atom is -0.384 e. The topological polar surface area (TPSA) is 102 Å². The van der Waals surface area contributed by atoms with Crippen LogP contribution in [-0.4, -0.2) is 16.8 Å². The maximum Gasteiger partial charge on any atom is 0.191 e. The molecule has 86 valence electrons. The summed E-state index contributed by atoms with van der Waals surface area (Å²) in [7, 11) is 0. The average Bonchev–Trinajstić information content (AvgIpc) is 2.64. The SMILES string of the molecule is CCc1cc(CC2(N)N=C(N)C=CN2)on1. The van der Waals surface area contributed by atoms with E-state index in [0.29, 0.717) is 18.0 Å². The van der Waals surface area contributed by atoms with Crippen molar-refractivity contribution in [1.29, 1.82) is 0 Å². The van der Waals surface area contributed by atoms with Crippen LogP contribution in [0, 0.1) is 0 Å². The summed E-state index contributed by atoms with van der Waals surface area (Å²) in [6.07, 6.45) is 4.58. The molecule has 0 spiro atoms. The Balaban J connectivity index is 2.12. The van der Waals surface area contributed by atoms with E-state index in [1.807, 2.05) is 13.0 Å². The van der Waals surface area contributed by atoms with Gasteiger partial charge in [0.15, 0.2) is 5.79 Å². The second-order valence-corrected chi connectivity index (χ2v) is 3.75. The Labute approximate surface area is 93.4 Å². The lowest BCUT2D eigenvalue weighted by Gasteiger charge is -2.27. The second-order valence-electron chi connectivity index (χ2n) is 3.75. The highest BCUT2D eigenvalue weighted by molar-refractivity contribution is 5.92. The quantitative estimate of drug-likeness (QED) is 0.659. The molecule has 5 N–H and O–H groups in total. The molecule has 1 unspecified atom stereocenters. The van der Waals surface area contributed by atoms with Gasteiger partial charge in [-0.3, -0.25) is 5.73 Å². The van der Waals surface area contributed by atoms with Gasteiger partial charge in [0.25, 0.3) is 0 Å². The van der Waals surface area contributed by atoms with E-state index in [2.05, 4.69) is 15.5 Å². The Bertz CT molecular complexity index is 436. The van der Waals surface area contributed by atoms with E-state index >= 15 is 0 Å². The van der Waals surface area contributed by atoms with Crippen LogP contribution in [0.2, 0.25) is 0 Å². The van der Waals surface area contributed by atoms with E-state index in [4.69, 9.17) is 16.0 Å². The molecule has 1 aromatic rings. The summed E-state index contributed by atoms with van der Waals surface area (Å²) >= 11 is 0. The van der Waals surface area contributed by atoms with Crippen LogP contribution in [0.3, 0.4) is 0 Å². The molecule has 2 rings (SSSR count). The van der Waals surface area contributed by atoms with Crippen molar-refractivity contribution in [2.24, 2.45) is 16.5 Å². The molecular formula is C10H15N5O. The number of hydrogen-bond acceptors (Lipinski definition) is 6. The Morgan fingerprint density at radius 1 is 1.56 bits per heavy atom. The van der Waals surface area contributed by atoms with Crippen LogP contribution in [0.1, 0.15) is 18.4 Å². The Morgan fingerprint density at radius 2 is 2.38 bits per heavy atom. The molecule has 0 aliphatic carbocycles. The zero-order chi connectivity index (χ0) is 11.6. The molecule has 0 saturated carbocycles.